The quantitative estimate of drug-likeness (QED) is 0.830. The smallest absolute Gasteiger partial charge is 0.322 e. The third-order valence-electron chi connectivity index (χ3n) is 4.24. The third-order valence-corrected chi connectivity index (χ3v) is 4.53. The molecule has 0 aromatic heterocycles. The van der Waals surface area contributed by atoms with E-state index in [1.807, 2.05) is 4.90 Å². The lowest BCUT2D eigenvalue weighted by atomic mass is 10.2. The molecule has 0 saturated carbocycles. The van der Waals surface area contributed by atoms with Crippen LogP contribution in [0.15, 0.2) is 12.1 Å². The van der Waals surface area contributed by atoms with Gasteiger partial charge >= 0.3 is 6.03 Å². The van der Waals surface area contributed by atoms with E-state index in [2.05, 4.69) is 29.2 Å². The highest BCUT2D eigenvalue weighted by Gasteiger charge is 2.22. The van der Waals surface area contributed by atoms with Crippen molar-refractivity contribution in [3.8, 4) is 11.5 Å². The Labute approximate surface area is 154 Å². The van der Waals surface area contributed by atoms with E-state index in [0.717, 1.165) is 26.2 Å². The van der Waals surface area contributed by atoms with Gasteiger partial charge in [0, 0.05) is 51.4 Å². The summed E-state index contributed by atoms with van der Waals surface area (Å²) in [6, 6.07) is 3.16. The van der Waals surface area contributed by atoms with Crippen molar-refractivity contribution >= 4 is 23.3 Å². The molecular formula is C17H27ClN4O3. The molecule has 2 rings (SSSR count). The highest BCUT2D eigenvalue weighted by molar-refractivity contribution is 6.32. The SMILES string of the molecule is COc1cc(NC(=O)N2CCN(CCN(C)C)CC2)c(OC)cc1Cl. The van der Waals surface area contributed by atoms with Gasteiger partial charge in [0.15, 0.2) is 0 Å². The summed E-state index contributed by atoms with van der Waals surface area (Å²) < 4.78 is 10.5. The average Bonchev–Trinajstić information content (AvgIpc) is 2.61. The van der Waals surface area contributed by atoms with Gasteiger partial charge in [-0.05, 0) is 14.1 Å². The van der Waals surface area contributed by atoms with Crippen LogP contribution in [0.2, 0.25) is 5.02 Å². The second kappa shape index (κ2) is 9.12. The molecule has 1 saturated heterocycles. The zero-order valence-electron chi connectivity index (χ0n) is 15.3. The first-order chi connectivity index (χ1) is 11.9. The maximum absolute atomic E-state index is 12.6. The van der Waals surface area contributed by atoms with Crippen LogP contribution >= 0.6 is 11.6 Å². The lowest BCUT2D eigenvalue weighted by Gasteiger charge is -2.35. The van der Waals surface area contributed by atoms with Gasteiger partial charge in [-0.1, -0.05) is 11.6 Å². The van der Waals surface area contributed by atoms with Crippen molar-refractivity contribution in [3.05, 3.63) is 17.2 Å². The standard InChI is InChI=1S/C17H27ClN4O3/c1-20(2)5-6-21-7-9-22(10-8-21)17(23)19-14-12-15(24-3)13(18)11-16(14)25-4/h11-12H,5-10H2,1-4H3,(H,19,23). The molecule has 1 aromatic carbocycles. The van der Waals surface area contributed by atoms with Gasteiger partial charge in [-0.2, -0.15) is 0 Å². The molecule has 0 unspecified atom stereocenters. The minimum absolute atomic E-state index is 0.144. The highest BCUT2D eigenvalue weighted by Crippen LogP contribution is 2.36. The summed E-state index contributed by atoms with van der Waals surface area (Å²) in [7, 11) is 7.21. The van der Waals surface area contributed by atoms with Crippen LogP contribution in [0.3, 0.4) is 0 Å². The fourth-order valence-electron chi connectivity index (χ4n) is 2.67. The molecule has 8 heteroatoms. The van der Waals surface area contributed by atoms with E-state index >= 15 is 0 Å². The van der Waals surface area contributed by atoms with Crippen LogP contribution in [0.1, 0.15) is 0 Å². The predicted octanol–water partition coefficient (Wildman–Crippen LogP) is 2.07. The lowest BCUT2D eigenvalue weighted by molar-refractivity contribution is 0.140. The number of benzene rings is 1. The summed E-state index contributed by atoms with van der Waals surface area (Å²) in [6.45, 7) is 5.20. The van der Waals surface area contributed by atoms with Gasteiger partial charge in [0.25, 0.3) is 0 Å². The van der Waals surface area contributed by atoms with Gasteiger partial charge in [-0.25, -0.2) is 4.79 Å². The van der Waals surface area contributed by atoms with E-state index < -0.39 is 0 Å². The molecule has 1 N–H and O–H groups in total. The average molecular weight is 371 g/mol. The van der Waals surface area contributed by atoms with Crippen molar-refractivity contribution in [2.75, 3.05) is 72.9 Å². The molecule has 7 nitrogen and oxygen atoms in total. The number of piperazine rings is 1. The number of ether oxygens (including phenoxy) is 2. The Morgan fingerprint density at radius 2 is 1.80 bits per heavy atom. The molecule has 0 radical (unpaired) electrons. The molecule has 1 aliphatic rings. The normalized spacial score (nSPS) is 15.4. The zero-order valence-corrected chi connectivity index (χ0v) is 16.1. The number of rotatable bonds is 6. The number of nitrogens with one attached hydrogen (secondary N) is 1. The number of urea groups is 1. The number of methoxy groups -OCH3 is 2. The predicted molar refractivity (Wildman–Crippen MR) is 100 cm³/mol. The van der Waals surface area contributed by atoms with E-state index in [1.165, 1.54) is 14.2 Å². The Morgan fingerprint density at radius 1 is 1.16 bits per heavy atom. The minimum atomic E-state index is -0.144. The number of hydrogen-bond donors (Lipinski definition) is 1. The molecule has 1 heterocycles. The first kappa shape index (κ1) is 19.6. The van der Waals surface area contributed by atoms with Crippen molar-refractivity contribution in [3.63, 3.8) is 0 Å². The van der Waals surface area contributed by atoms with Gasteiger partial charge in [0.1, 0.15) is 11.5 Å². The Kier molecular flexibility index (Phi) is 7.16. The molecule has 0 aliphatic carbocycles. The number of anilines is 1. The fourth-order valence-corrected chi connectivity index (χ4v) is 2.90. The first-order valence-electron chi connectivity index (χ1n) is 8.29. The summed E-state index contributed by atoms with van der Waals surface area (Å²) in [6.07, 6.45) is 0. The molecule has 1 fully saturated rings. The van der Waals surface area contributed by atoms with Crippen LogP contribution in [-0.2, 0) is 0 Å². The number of amides is 2. The summed E-state index contributed by atoms with van der Waals surface area (Å²) in [5.41, 5.74) is 0.545. The molecule has 2 amide bonds. The van der Waals surface area contributed by atoms with E-state index in [1.54, 1.807) is 12.1 Å². The summed E-state index contributed by atoms with van der Waals surface area (Å²) in [5.74, 6) is 0.995. The number of halogens is 1. The maximum atomic E-state index is 12.6. The van der Waals surface area contributed by atoms with Crippen molar-refractivity contribution in [2.45, 2.75) is 0 Å². The van der Waals surface area contributed by atoms with Gasteiger partial charge in [0.2, 0.25) is 0 Å². The topological polar surface area (TPSA) is 57.3 Å². The second-order valence-corrected chi connectivity index (χ2v) is 6.66. The van der Waals surface area contributed by atoms with Crippen molar-refractivity contribution in [1.29, 1.82) is 0 Å². The number of hydrogen-bond acceptors (Lipinski definition) is 5. The number of carbonyl (C=O) groups is 1. The van der Waals surface area contributed by atoms with E-state index in [4.69, 9.17) is 21.1 Å². The Balaban J connectivity index is 1.94. The van der Waals surface area contributed by atoms with Crippen LogP contribution in [0.25, 0.3) is 0 Å². The summed E-state index contributed by atoms with van der Waals surface area (Å²) in [5, 5.41) is 3.33. The molecule has 1 aliphatic heterocycles. The van der Waals surface area contributed by atoms with Crippen LogP contribution in [0.5, 0.6) is 11.5 Å². The monoisotopic (exact) mass is 370 g/mol. The molecule has 1 aromatic rings. The molecule has 0 bridgehead atoms. The number of carbonyl (C=O) groups excluding carboxylic acids is 1. The van der Waals surface area contributed by atoms with Crippen LogP contribution in [0.4, 0.5) is 10.5 Å². The second-order valence-electron chi connectivity index (χ2n) is 6.25. The molecule has 140 valence electrons. The first-order valence-corrected chi connectivity index (χ1v) is 8.67. The number of nitrogens with zero attached hydrogens (tertiary/aromatic N) is 3. The van der Waals surface area contributed by atoms with Gasteiger partial charge in [-0.3, -0.25) is 4.90 Å². The van der Waals surface area contributed by atoms with Crippen molar-refractivity contribution in [2.24, 2.45) is 0 Å². The van der Waals surface area contributed by atoms with Crippen LogP contribution in [-0.4, -0.2) is 88.3 Å². The highest BCUT2D eigenvalue weighted by atomic mass is 35.5. The Bertz CT molecular complexity index is 590. The zero-order chi connectivity index (χ0) is 18.4. The Morgan fingerprint density at radius 3 is 2.36 bits per heavy atom. The largest absolute Gasteiger partial charge is 0.495 e. The van der Waals surface area contributed by atoms with Crippen LogP contribution in [0, 0.1) is 0 Å². The van der Waals surface area contributed by atoms with Crippen molar-refractivity contribution in [1.82, 2.24) is 14.7 Å². The van der Waals surface area contributed by atoms with Gasteiger partial charge in [0.05, 0.1) is 24.9 Å². The summed E-state index contributed by atoms with van der Waals surface area (Å²) in [4.78, 5) is 18.9. The third kappa shape index (κ3) is 5.39. The van der Waals surface area contributed by atoms with E-state index in [-0.39, 0.29) is 6.03 Å². The van der Waals surface area contributed by atoms with E-state index in [9.17, 15) is 4.79 Å². The van der Waals surface area contributed by atoms with Crippen LogP contribution < -0.4 is 14.8 Å². The molecule has 0 spiro atoms. The number of likely N-dealkylation sites (N-methyl/N-ethyl adjacent to an activating group) is 1. The van der Waals surface area contributed by atoms with E-state index in [0.29, 0.717) is 35.3 Å². The molecule has 0 atom stereocenters. The summed E-state index contributed by atoms with van der Waals surface area (Å²) >= 11 is 6.10. The maximum Gasteiger partial charge on any atom is 0.322 e. The van der Waals surface area contributed by atoms with Gasteiger partial charge < -0.3 is 24.6 Å². The van der Waals surface area contributed by atoms with Gasteiger partial charge in [-0.15, -0.1) is 0 Å². The molecule has 25 heavy (non-hydrogen) atoms. The Hall–Kier alpha value is -1.70. The minimum Gasteiger partial charge on any atom is -0.495 e. The fraction of sp³-hybridized carbons (Fsp3) is 0.588. The van der Waals surface area contributed by atoms with Crippen molar-refractivity contribution < 1.29 is 14.3 Å². The molecular weight excluding hydrogens is 344 g/mol. The lowest BCUT2D eigenvalue weighted by Crippen LogP contribution is -2.51.